The van der Waals surface area contributed by atoms with Gasteiger partial charge < -0.3 is 0 Å². The first-order valence-electron chi connectivity index (χ1n) is 17.6. The van der Waals surface area contributed by atoms with Gasteiger partial charge in [0, 0.05) is 16.7 Å². The summed E-state index contributed by atoms with van der Waals surface area (Å²) in [5.41, 5.74) is 7.72. The zero-order valence-electron chi connectivity index (χ0n) is 28.2. The van der Waals surface area contributed by atoms with Crippen LogP contribution in [0.4, 0.5) is 0 Å². The molecule has 0 aliphatic heterocycles. The molecule has 0 bridgehead atoms. The molecule has 0 aliphatic rings. The standard InChI is InChI=1S/C49H31N3/c1-2-8-32(9-3-1)37-16-17-39-27-40(19-18-38(39)26-37)41-20-21-43-31-46(25-22-42(43)28-41)49-51-47(44-23-14-33-10-4-6-12-35(33)29-44)50-48(52-49)45-24-15-34-11-5-7-13-36(34)30-45/h1-31H. The molecule has 0 aliphatic carbocycles. The third-order valence-corrected chi connectivity index (χ3v) is 10.0. The van der Waals surface area contributed by atoms with Crippen LogP contribution in [0.5, 0.6) is 0 Å². The van der Waals surface area contributed by atoms with Crippen LogP contribution >= 0.6 is 0 Å². The number of benzene rings is 9. The lowest BCUT2D eigenvalue weighted by atomic mass is 9.96. The van der Waals surface area contributed by atoms with Gasteiger partial charge in [-0.05, 0) is 102 Å². The lowest BCUT2D eigenvalue weighted by Gasteiger charge is -2.11. The van der Waals surface area contributed by atoms with Crippen LogP contribution in [0.2, 0.25) is 0 Å². The van der Waals surface area contributed by atoms with Gasteiger partial charge in [-0.15, -0.1) is 0 Å². The second-order valence-electron chi connectivity index (χ2n) is 13.3. The van der Waals surface area contributed by atoms with Crippen molar-refractivity contribution in [1.82, 2.24) is 15.0 Å². The normalized spacial score (nSPS) is 11.5. The van der Waals surface area contributed by atoms with E-state index in [1.54, 1.807) is 0 Å². The van der Waals surface area contributed by atoms with E-state index in [0.29, 0.717) is 17.5 Å². The lowest BCUT2D eigenvalue weighted by molar-refractivity contribution is 1.08. The minimum atomic E-state index is 0.650. The van der Waals surface area contributed by atoms with E-state index in [4.69, 9.17) is 15.0 Å². The van der Waals surface area contributed by atoms with E-state index in [1.165, 1.54) is 49.2 Å². The molecule has 0 spiro atoms. The second kappa shape index (κ2) is 12.4. The van der Waals surface area contributed by atoms with E-state index in [-0.39, 0.29) is 0 Å². The molecule has 0 radical (unpaired) electrons. The first-order chi connectivity index (χ1) is 25.7. The maximum absolute atomic E-state index is 5.07. The summed E-state index contributed by atoms with van der Waals surface area (Å²) in [6.45, 7) is 0. The molecule has 52 heavy (non-hydrogen) atoms. The van der Waals surface area contributed by atoms with E-state index in [1.807, 2.05) is 0 Å². The van der Waals surface area contributed by atoms with Crippen LogP contribution in [0.25, 0.3) is 99.5 Å². The summed E-state index contributed by atoms with van der Waals surface area (Å²) in [5.74, 6) is 1.96. The van der Waals surface area contributed by atoms with E-state index in [0.717, 1.165) is 32.8 Å². The third kappa shape index (κ3) is 5.55. The summed E-state index contributed by atoms with van der Waals surface area (Å²) in [5, 5.41) is 9.44. The SMILES string of the molecule is c1ccc(-c2ccc3cc(-c4ccc5cc(-c6nc(-c7ccc8ccccc8c7)nc(-c7ccc8ccccc8c7)n6)ccc5c4)ccc3c2)cc1. The zero-order chi connectivity index (χ0) is 34.4. The maximum atomic E-state index is 5.07. The molecule has 3 heteroatoms. The van der Waals surface area contributed by atoms with Gasteiger partial charge in [-0.3, -0.25) is 0 Å². The van der Waals surface area contributed by atoms with Gasteiger partial charge in [-0.2, -0.15) is 0 Å². The summed E-state index contributed by atoms with van der Waals surface area (Å²) >= 11 is 0. The van der Waals surface area contributed by atoms with Crippen molar-refractivity contribution in [1.29, 1.82) is 0 Å². The smallest absolute Gasteiger partial charge is 0.164 e. The Balaban J connectivity index is 1.03. The molecule has 1 aromatic heterocycles. The summed E-state index contributed by atoms with van der Waals surface area (Å²) < 4.78 is 0. The fraction of sp³-hybridized carbons (Fsp3) is 0. The summed E-state index contributed by atoms with van der Waals surface area (Å²) in [6.07, 6.45) is 0. The molecule has 0 N–H and O–H groups in total. The van der Waals surface area contributed by atoms with E-state index in [9.17, 15) is 0 Å². The summed E-state index contributed by atoms with van der Waals surface area (Å²) in [6, 6.07) is 66.7. The zero-order valence-corrected chi connectivity index (χ0v) is 28.2. The van der Waals surface area contributed by atoms with Crippen LogP contribution in [0.15, 0.2) is 188 Å². The monoisotopic (exact) mass is 661 g/mol. The van der Waals surface area contributed by atoms with Gasteiger partial charge in [-0.1, -0.05) is 152 Å². The number of nitrogens with zero attached hydrogens (tertiary/aromatic N) is 3. The van der Waals surface area contributed by atoms with Crippen LogP contribution in [0.3, 0.4) is 0 Å². The molecule has 0 amide bonds. The molecular formula is C49H31N3. The van der Waals surface area contributed by atoms with Crippen molar-refractivity contribution in [3.05, 3.63) is 188 Å². The van der Waals surface area contributed by atoms with E-state index >= 15 is 0 Å². The Morgan fingerprint density at radius 2 is 0.462 bits per heavy atom. The molecule has 9 aromatic carbocycles. The second-order valence-corrected chi connectivity index (χ2v) is 13.3. The van der Waals surface area contributed by atoms with Gasteiger partial charge >= 0.3 is 0 Å². The Kier molecular flexibility index (Phi) is 7.14. The van der Waals surface area contributed by atoms with Crippen molar-refractivity contribution in [2.24, 2.45) is 0 Å². The quantitative estimate of drug-likeness (QED) is 0.184. The predicted molar refractivity (Wildman–Crippen MR) is 217 cm³/mol. The van der Waals surface area contributed by atoms with Crippen molar-refractivity contribution in [2.45, 2.75) is 0 Å². The Bertz CT molecular complexity index is 2870. The molecule has 10 aromatic rings. The highest BCUT2D eigenvalue weighted by Crippen LogP contribution is 2.33. The molecule has 242 valence electrons. The summed E-state index contributed by atoms with van der Waals surface area (Å²) in [7, 11) is 0. The lowest BCUT2D eigenvalue weighted by Crippen LogP contribution is -2.00. The number of hydrogen-bond acceptors (Lipinski definition) is 3. The average Bonchev–Trinajstić information content (AvgIpc) is 3.22. The molecule has 10 rings (SSSR count). The van der Waals surface area contributed by atoms with Gasteiger partial charge in [0.15, 0.2) is 17.5 Å². The number of rotatable bonds is 5. The Hall–Kier alpha value is -6.97. The number of aromatic nitrogens is 3. The highest BCUT2D eigenvalue weighted by atomic mass is 15.0. The topological polar surface area (TPSA) is 38.7 Å². The number of fused-ring (bicyclic) bond motifs is 4. The van der Waals surface area contributed by atoms with Crippen LogP contribution in [0.1, 0.15) is 0 Å². The van der Waals surface area contributed by atoms with Crippen molar-refractivity contribution >= 4 is 43.1 Å². The average molecular weight is 662 g/mol. The van der Waals surface area contributed by atoms with Crippen molar-refractivity contribution < 1.29 is 0 Å². The Morgan fingerprint density at radius 1 is 0.192 bits per heavy atom. The van der Waals surface area contributed by atoms with Gasteiger partial charge in [0.2, 0.25) is 0 Å². The van der Waals surface area contributed by atoms with Gasteiger partial charge in [-0.25, -0.2) is 15.0 Å². The van der Waals surface area contributed by atoms with Crippen LogP contribution in [-0.2, 0) is 0 Å². The van der Waals surface area contributed by atoms with Gasteiger partial charge in [0.25, 0.3) is 0 Å². The highest BCUT2D eigenvalue weighted by molar-refractivity contribution is 5.95. The highest BCUT2D eigenvalue weighted by Gasteiger charge is 2.14. The minimum absolute atomic E-state index is 0.650. The molecule has 0 saturated carbocycles. The van der Waals surface area contributed by atoms with Crippen molar-refractivity contribution in [3.8, 4) is 56.4 Å². The fourth-order valence-electron chi connectivity index (χ4n) is 7.22. The molecule has 0 unspecified atom stereocenters. The Morgan fingerprint density at radius 3 is 0.865 bits per heavy atom. The van der Waals surface area contributed by atoms with Crippen molar-refractivity contribution in [2.75, 3.05) is 0 Å². The number of hydrogen-bond donors (Lipinski definition) is 0. The third-order valence-electron chi connectivity index (χ3n) is 10.0. The molecule has 0 saturated heterocycles. The maximum Gasteiger partial charge on any atom is 0.164 e. The first-order valence-corrected chi connectivity index (χ1v) is 17.6. The van der Waals surface area contributed by atoms with Crippen LogP contribution in [-0.4, -0.2) is 15.0 Å². The van der Waals surface area contributed by atoms with Crippen LogP contribution in [0, 0.1) is 0 Å². The van der Waals surface area contributed by atoms with Gasteiger partial charge in [0.05, 0.1) is 0 Å². The molecular weight excluding hydrogens is 631 g/mol. The predicted octanol–water partition coefficient (Wildman–Crippen LogP) is 12.8. The summed E-state index contributed by atoms with van der Waals surface area (Å²) in [4.78, 5) is 15.2. The fourth-order valence-corrected chi connectivity index (χ4v) is 7.22. The molecule has 3 nitrogen and oxygen atoms in total. The largest absolute Gasteiger partial charge is 0.208 e. The first kappa shape index (κ1) is 29.9. The van der Waals surface area contributed by atoms with Crippen molar-refractivity contribution in [3.63, 3.8) is 0 Å². The minimum Gasteiger partial charge on any atom is -0.208 e. The van der Waals surface area contributed by atoms with E-state index < -0.39 is 0 Å². The van der Waals surface area contributed by atoms with E-state index in [2.05, 4.69) is 188 Å². The van der Waals surface area contributed by atoms with Gasteiger partial charge in [0.1, 0.15) is 0 Å². The van der Waals surface area contributed by atoms with Crippen LogP contribution < -0.4 is 0 Å². The molecule has 0 atom stereocenters. The molecule has 1 heterocycles. The molecule has 0 fully saturated rings. The Labute approximate surface area is 301 Å².